The molecule has 3 rings (SSSR count). The molecule has 1 aliphatic heterocycles. The Balaban J connectivity index is 1.42. The number of benzene rings is 2. The van der Waals surface area contributed by atoms with E-state index >= 15 is 0 Å². The highest BCUT2D eigenvalue weighted by Gasteiger charge is 2.27. The number of unbranched alkanes of at least 4 members (excludes halogenated alkanes) is 1. The molecule has 1 saturated heterocycles. The quantitative estimate of drug-likeness (QED) is 0.378. The van der Waals surface area contributed by atoms with Crippen molar-refractivity contribution in [1.82, 2.24) is 15.1 Å². The number of carbonyl (C=O) groups excluding carboxylic acids is 3. The number of hydrogen-bond acceptors (Lipinski definition) is 4. The molecule has 1 heterocycles. The third-order valence-electron chi connectivity index (χ3n) is 6.88. The second-order valence-corrected chi connectivity index (χ2v) is 9.29. The number of rotatable bonds is 11. The molecule has 1 atom stereocenters. The van der Waals surface area contributed by atoms with Crippen LogP contribution in [0, 0.1) is 5.92 Å². The van der Waals surface area contributed by atoms with Gasteiger partial charge in [0.2, 0.25) is 5.91 Å². The van der Waals surface area contributed by atoms with Crippen molar-refractivity contribution in [2.24, 2.45) is 5.92 Å². The highest BCUT2D eigenvalue weighted by Crippen LogP contribution is 2.24. The van der Waals surface area contributed by atoms with E-state index in [-0.39, 0.29) is 17.6 Å². The number of piperidine rings is 1. The van der Waals surface area contributed by atoms with Gasteiger partial charge in [0.15, 0.2) is 5.78 Å². The van der Waals surface area contributed by atoms with Gasteiger partial charge in [0.05, 0.1) is 5.92 Å². The van der Waals surface area contributed by atoms with Crippen LogP contribution in [0.15, 0.2) is 48.5 Å². The Labute approximate surface area is 209 Å². The molecule has 2 aromatic rings. The van der Waals surface area contributed by atoms with Gasteiger partial charge in [0.1, 0.15) is 0 Å². The second kappa shape index (κ2) is 13.2. The Morgan fingerprint density at radius 3 is 2.40 bits per heavy atom. The van der Waals surface area contributed by atoms with Crippen molar-refractivity contribution in [1.29, 1.82) is 0 Å². The maximum absolute atomic E-state index is 12.7. The van der Waals surface area contributed by atoms with Gasteiger partial charge >= 0.3 is 0 Å². The number of ketones is 1. The lowest BCUT2D eigenvalue weighted by Gasteiger charge is -2.34. The topological polar surface area (TPSA) is 69.7 Å². The fraction of sp³-hybridized carbons (Fsp3) is 0.483. The zero-order chi connectivity index (χ0) is 25.2. The summed E-state index contributed by atoms with van der Waals surface area (Å²) in [6.07, 6.45) is 3.95. The average molecular weight is 478 g/mol. The lowest BCUT2D eigenvalue weighted by molar-refractivity contribution is -0.137. The fourth-order valence-electron chi connectivity index (χ4n) is 4.86. The normalized spacial score (nSPS) is 16.0. The van der Waals surface area contributed by atoms with Crippen molar-refractivity contribution < 1.29 is 14.4 Å². The van der Waals surface area contributed by atoms with Gasteiger partial charge in [-0.15, -0.1) is 0 Å². The first-order chi connectivity index (χ1) is 16.9. The molecule has 1 fully saturated rings. The summed E-state index contributed by atoms with van der Waals surface area (Å²) in [7, 11) is 0. The summed E-state index contributed by atoms with van der Waals surface area (Å²) in [4.78, 5) is 41.5. The first kappa shape index (κ1) is 26.6. The second-order valence-electron chi connectivity index (χ2n) is 9.29. The van der Waals surface area contributed by atoms with E-state index in [9.17, 15) is 14.4 Å². The molecular weight excluding hydrogens is 438 g/mol. The minimum atomic E-state index is -0.0840. The van der Waals surface area contributed by atoms with Crippen molar-refractivity contribution in [2.75, 3.05) is 39.3 Å². The van der Waals surface area contributed by atoms with Crippen LogP contribution in [0.5, 0.6) is 0 Å². The number of Topliss-reactive ketones (excluding diaryl/α,β-unsaturated/α-hetero) is 1. The first-order valence-electron chi connectivity index (χ1n) is 12.9. The first-order valence-corrected chi connectivity index (χ1v) is 12.9. The zero-order valence-corrected chi connectivity index (χ0v) is 21.4. The van der Waals surface area contributed by atoms with E-state index in [0.717, 1.165) is 69.5 Å². The predicted molar refractivity (Wildman–Crippen MR) is 141 cm³/mol. The number of nitrogens with one attached hydrogen (secondary N) is 1. The van der Waals surface area contributed by atoms with E-state index in [4.69, 9.17) is 0 Å². The number of likely N-dealkylation sites (tertiary alicyclic amines) is 1. The molecule has 0 bridgehead atoms. The van der Waals surface area contributed by atoms with Gasteiger partial charge in [-0.3, -0.25) is 14.4 Å². The van der Waals surface area contributed by atoms with Crippen LogP contribution in [0.1, 0.15) is 67.2 Å². The molecule has 1 aliphatic rings. The third-order valence-corrected chi connectivity index (χ3v) is 6.88. The summed E-state index contributed by atoms with van der Waals surface area (Å²) in [6, 6.07) is 14.9. The molecular formula is C29H39N3O3. The smallest absolute Gasteiger partial charge is 0.251 e. The van der Waals surface area contributed by atoms with Gasteiger partial charge < -0.3 is 15.1 Å². The van der Waals surface area contributed by atoms with Crippen LogP contribution in [0.25, 0.3) is 11.1 Å². The molecule has 1 unspecified atom stereocenters. The van der Waals surface area contributed by atoms with E-state index in [1.807, 2.05) is 67.3 Å². The molecule has 0 aliphatic carbocycles. The van der Waals surface area contributed by atoms with Crippen LogP contribution in [-0.2, 0) is 4.79 Å². The van der Waals surface area contributed by atoms with Gasteiger partial charge in [0.25, 0.3) is 5.91 Å². The van der Waals surface area contributed by atoms with E-state index < -0.39 is 0 Å². The zero-order valence-electron chi connectivity index (χ0n) is 21.4. The molecule has 188 valence electrons. The highest BCUT2D eigenvalue weighted by atomic mass is 16.2. The van der Waals surface area contributed by atoms with Gasteiger partial charge in [-0.1, -0.05) is 36.4 Å². The fourth-order valence-corrected chi connectivity index (χ4v) is 4.86. The Bertz CT molecular complexity index is 998. The van der Waals surface area contributed by atoms with Gasteiger partial charge in [-0.05, 0) is 82.8 Å². The Morgan fingerprint density at radius 2 is 1.71 bits per heavy atom. The third kappa shape index (κ3) is 7.25. The van der Waals surface area contributed by atoms with Crippen LogP contribution >= 0.6 is 0 Å². The van der Waals surface area contributed by atoms with Gasteiger partial charge in [-0.2, -0.15) is 0 Å². The molecule has 6 heteroatoms. The average Bonchev–Trinajstić information content (AvgIpc) is 2.89. The van der Waals surface area contributed by atoms with Crippen molar-refractivity contribution in [3.63, 3.8) is 0 Å². The minimum absolute atomic E-state index is 0.0259. The maximum atomic E-state index is 12.7. The summed E-state index contributed by atoms with van der Waals surface area (Å²) in [5.74, 6) is 0.355. The van der Waals surface area contributed by atoms with Gasteiger partial charge in [-0.25, -0.2) is 0 Å². The molecule has 6 nitrogen and oxygen atoms in total. The summed E-state index contributed by atoms with van der Waals surface area (Å²) in [6.45, 7) is 10.7. The van der Waals surface area contributed by atoms with Crippen molar-refractivity contribution >= 4 is 17.6 Å². The van der Waals surface area contributed by atoms with Crippen LogP contribution < -0.4 is 5.32 Å². The molecule has 0 spiro atoms. The number of amides is 2. The molecule has 1 N–H and O–H groups in total. The maximum Gasteiger partial charge on any atom is 0.251 e. The van der Waals surface area contributed by atoms with Crippen LogP contribution in [-0.4, -0.2) is 66.7 Å². The highest BCUT2D eigenvalue weighted by molar-refractivity contribution is 6.01. The largest absolute Gasteiger partial charge is 0.352 e. The standard InChI is InChI=1S/C29H39N3O3/c1-4-32(5-2)29(35)25-11-10-20-31(21-25)19-9-8-18-30-28(34)24-16-14-23(15-17-24)27-13-7-6-12-26(27)22(3)33/h6-7,12-17,25H,4-5,8-11,18-21H2,1-3H3,(H,30,34). The SMILES string of the molecule is CCN(CC)C(=O)C1CCCN(CCCCNC(=O)c2ccc(-c3ccccc3C(C)=O)cc2)C1. The minimum Gasteiger partial charge on any atom is -0.352 e. The van der Waals surface area contributed by atoms with E-state index in [2.05, 4.69) is 10.2 Å². The lowest BCUT2D eigenvalue weighted by Crippen LogP contribution is -2.45. The van der Waals surface area contributed by atoms with Crippen LogP contribution in [0.2, 0.25) is 0 Å². The number of carbonyl (C=O) groups is 3. The monoisotopic (exact) mass is 477 g/mol. The lowest BCUT2D eigenvalue weighted by atomic mass is 9.96. The van der Waals surface area contributed by atoms with Crippen molar-refractivity contribution in [3.8, 4) is 11.1 Å². The van der Waals surface area contributed by atoms with E-state index in [0.29, 0.717) is 23.6 Å². The number of nitrogens with zero attached hydrogens (tertiary/aromatic N) is 2. The summed E-state index contributed by atoms with van der Waals surface area (Å²) in [5, 5.41) is 3.01. The van der Waals surface area contributed by atoms with Crippen LogP contribution in [0.3, 0.4) is 0 Å². The Morgan fingerprint density at radius 1 is 1.00 bits per heavy atom. The van der Waals surface area contributed by atoms with Gasteiger partial charge in [0, 0.05) is 37.3 Å². The van der Waals surface area contributed by atoms with Crippen LogP contribution in [0.4, 0.5) is 0 Å². The summed E-state index contributed by atoms with van der Waals surface area (Å²) >= 11 is 0. The molecule has 2 aromatic carbocycles. The van der Waals surface area contributed by atoms with E-state index in [1.165, 1.54) is 0 Å². The molecule has 35 heavy (non-hydrogen) atoms. The van der Waals surface area contributed by atoms with Crippen molar-refractivity contribution in [3.05, 3.63) is 59.7 Å². The molecule has 0 saturated carbocycles. The van der Waals surface area contributed by atoms with Crippen molar-refractivity contribution in [2.45, 2.75) is 46.5 Å². The predicted octanol–water partition coefficient (Wildman–Crippen LogP) is 4.65. The molecule has 0 radical (unpaired) electrons. The Kier molecular flexibility index (Phi) is 10.0. The Hall–Kier alpha value is -2.99. The number of hydrogen-bond donors (Lipinski definition) is 1. The summed E-state index contributed by atoms with van der Waals surface area (Å²) < 4.78 is 0. The summed E-state index contributed by atoms with van der Waals surface area (Å²) in [5.41, 5.74) is 3.10. The molecule has 2 amide bonds. The molecule has 0 aromatic heterocycles. The van der Waals surface area contributed by atoms with E-state index in [1.54, 1.807) is 6.92 Å².